The molecule has 0 radical (unpaired) electrons. The number of nitro benzene ring substituents is 1. The molecule has 1 aromatic carbocycles. The van der Waals surface area contributed by atoms with Crippen LogP contribution in [0.2, 0.25) is 0 Å². The second-order valence-corrected chi connectivity index (χ2v) is 5.52. The zero-order valence-corrected chi connectivity index (χ0v) is 12.2. The number of nitro groups is 1. The quantitative estimate of drug-likeness (QED) is 0.685. The van der Waals surface area contributed by atoms with Crippen molar-refractivity contribution in [3.05, 3.63) is 39.9 Å². The highest BCUT2D eigenvalue weighted by Gasteiger charge is 2.23. The van der Waals surface area contributed by atoms with Gasteiger partial charge in [-0.3, -0.25) is 14.9 Å². The van der Waals surface area contributed by atoms with Crippen LogP contribution < -0.4 is 5.43 Å². The van der Waals surface area contributed by atoms with Gasteiger partial charge in [0.1, 0.15) is 0 Å². The van der Waals surface area contributed by atoms with Gasteiger partial charge in [0.2, 0.25) is 0 Å². The summed E-state index contributed by atoms with van der Waals surface area (Å²) in [5.41, 5.74) is 3.66. The van der Waals surface area contributed by atoms with Crippen molar-refractivity contribution in [2.45, 2.75) is 33.1 Å². The molecule has 0 bridgehead atoms. The van der Waals surface area contributed by atoms with Gasteiger partial charge in [-0.25, -0.2) is 5.43 Å². The molecule has 6 heteroatoms. The molecule has 0 unspecified atom stereocenters. The van der Waals surface area contributed by atoms with Crippen molar-refractivity contribution >= 4 is 17.3 Å². The average molecular weight is 289 g/mol. The van der Waals surface area contributed by atoms with Crippen molar-refractivity contribution in [3.8, 4) is 0 Å². The second kappa shape index (κ2) is 6.47. The molecule has 0 spiro atoms. The molecule has 6 nitrogen and oxygen atoms in total. The van der Waals surface area contributed by atoms with Gasteiger partial charge in [-0.2, -0.15) is 5.10 Å². The van der Waals surface area contributed by atoms with Crippen LogP contribution in [0.5, 0.6) is 0 Å². The lowest BCUT2D eigenvalue weighted by atomic mass is 9.81. The summed E-state index contributed by atoms with van der Waals surface area (Å²) in [7, 11) is 0. The Kier molecular flexibility index (Phi) is 4.67. The zero-order chi connectivity index (χ0) is 15.4. The molecule has 0 aliphatic heterocycles. The monoisotopic (exact) mass is 289 g/mol. The molecule has 1 fully saturated rings. The maximum atomic E-state index is 12.0. The van der Waals surface area contributed by atoms with E-state index in [-0.39, 0.29) is 11.3 Å². The Balaban J connectivity index is 2.11. The fraction of sp³-hybridized carbons (Fsp3) is 0.467. The van der Waals surface area contributed by atoms with Gasteiger partial charge in [0.25, 0.3) is 11.6 Å². The van der Waals surface area contributed by atoms with Gasteiger partial charge in [-0.05, 0) is 30.7 Å². The number of nitrogens with zero attached hydrogens (tertiary/aromatic N) is 2. The number of carbonyl (C=O) groups is 1. The van der Waals surface area contributed by atoms with Gasteiger partial charge in [0, 0.05) is 23.4 Å². The molecule has 21 heavy (non-hydrogen) atoms. The minimum atomic E-state index is -0.520. The van der Waals surface area contributed by atoms with Gasteiger partial charge in [-0.15, -0.1) is 0 Å². The topological polar surface area (TPSA) is 84.6 Å². The van der Waals surface area contributed by atoms with E-state index < -0.39 is 10.8 Å². The van der Waals surface area contributed by atoms with Gasteiger partial charge >= 0.3 is 0 Å². The first kappa shape index (κ1) is 15.2. The first-order valence-corrected chi connectivity index (χ1v) is 7.11. The molecule has 0 aromatic heterocycles. The summed E-state index contributed by atoms with van der Waals surface area (Å²) in [5, 5.41) is 15.0. The van der Waals surface area contributed by atoms with Gasteiger partial charge in [0.05, 0.1) is 4.92 Å². The van der Waals surface area contributed by atoms with E-state index in [9.17, 15) is 14.9 Å². The van der Waals surface area contributed by atoms with E-state index in [1.165, 1.54) is 30.7 Å². The Hall–Kier alpha value is -2.24. The molecule has 1 saturated carbocycles. The molecular formula is C15H19N3O3. The van der Waals surface area contributed by atoms with Gasteiger partial charge < -0.3 is 0 Å². The minimum absolute atomic E-state index is 0.102. The molecule has 1 aromatic rings. The number of amides is 1. The number of carbonyl (C=O) groups excluding carboxylic acids is 1. The van der Waals surface area contributed by atoms with E-state index >= 15 is 0 Å². The molecule has 1 N–H and O–H groups in total. The van der Waals surface area contributed by atoms with Crippen molar-refractivity contribution < 1.29 is 9.72 Å². The third-order valence-electron chi connectivity index (χ3n) is 3.89. The van der Waals surface area contributed by atoms with Crippen molar-refractivity contribution in [1.82, 2.24) is 5.43 Å². The van der Waals surface area contributed by atoms with Crippen LogP contribution in [0.3, 0.4) is 0 Å². The molecule has 2 atom stereocenters. The van der Waals surface area contributed by atoms with Crippen molar-refractivity contribution in [1.29, 1.82) is 0 Å². The van der Waals surface area contributed by atoms with Crippen LogP contribution in [0.15, 0.2) is 29.4 Å². The lowest BCUT2D eigenvalue weighted by Crippen LogP contribution is -2.29. The van der Waals surface area contributed by atoms with Crippen LogP contribution in [-0.2, 0) is 0 Å². The van der Waals surface area contributed by atoms with Gasteiger partial charge in [-0.1, -0.05) is 26.3 Å². The molecule has 1 amide bonds. The van der Waals surface area contributed by atoms with E-state index in [1.54, 1.807) is 0 Å². The highest BCUT2D eigenvalue weighted by atomic mass is 16.6. The third-order valence-corrected chi connectivity index (χ3v) is 3.89. The summed E-state index contributed by atoms with van der Waals surface area (Å²) in [4.78, 5) is 22.2. The molecule has 0 saturated heterocycles. The summed E-state index contributed by atoms with van der Waals surface area (Å²) < 4.78 is 0. The smallest absolute Gasteiger partial charge is 0.267 e. The van der Waals surface area contributed by atoms with E-state index in [4.69, 9.17) is 0 Å². The number of rotatable bonds is 3. The zero-order valence-electron chi connectivity index (χ0n) is 12.2. The van der Waals surface area contributed by atoms with Gasteiger partial charge in [0.15, 0.2) is 0 Å². The molecule has 112 valence electrons. The van der Waals surface area contributed by atoms with E-state index in [0.29, 0.717) is 11.8 Å². The Bertz CT molecular complexity index is 571. The standard InChI is InChI=1S/C15H19N3O3/c1-10-5-3-6-11(2)14(10)16-17-15(19)12-7-4-8-13(9-12)18(20)21/h4,7-11H,3,5-6H2,1-2H3,(H,17,19)/t10-,11+. The minimum Gasteiger partial charge on any atom is -0.267 e. The third kappa shape index (κ3) is 3.65. The van der Waals surface area contributed by atoms with Crippen molar-refractivity contribution in [2.75, 3.05) is 0 Å². The fourth-order valence-corrected chi connectivity index (χ4v) is 2.67. The maximum absolute atomic E-state index is 12.0. The summed E-state index contributed by atoms with van der Waals surface area (Å²) in [6.07, 6.45) is 3.34. The van der Waals surface area contributed by atoms with E-state index in [2.05, 4.69) is 24.4 Å². The Morgan fingerprint density at radius 2 is 2.00 bits per heavy atom. The number of nitrogens with one attached hydrogen (secondary N) is 1. The van der Waals surface area contributed by atoms with E-state index in [1.807, 2.05) is 0 Å². The first-order valence-electron chi connectivity index (χ1n) is 7.11. The number of non-ortho nitro benzene ring substituents is 1. The van der Waals surface area contributed by atoms with Crippen LogP contribution in [0.1, 0.15) is 43.5 Å². The number of benzene rings is 1. The van der Waals surface area contributed by atoms with E-state index in [0.717, 1.165) is 18.6 Å². The predicted molar refractivity (Wildman–Crippen MR) is 80.2 cm³/mol. The van der Waals surface area contributed by atoms with Crippen molar-refractivity contribution in [2.24, 2.45) is 16.9 Å². The first-order chi connectivity index (χ1) is 9.99. The summed E-state index contributed by atoms with van der Waals surface area (Å²) in [6, 6.07) is 5.64. The Labute approximate surface area is 123 Å². The Morgan fingerprint density at radius 1 is 1.33 bits per heavy atom. The number of hydrazone groups is 1. The molecule has 2 rings (SSSR count). The molecular weight excluding hydrogens is 270 g/mol. The normalized spacial score (nSPS) is 23.8. The average Bonchev–Trinajstić information content (AvgIpc) is 2.46. The van der Waals surface area contributed by atoms with Crippen molar-refractivity contribution in [3.63, 3.8) is 0 Å². The van der Waals surface area contributed by atoms with Crippen LogP contribution in [-0.4, -0.2) is 16.5 Å². The van der Waals surface area contributed by atoms with Crippen LogP contribution in [0, 0.1) is 22.0 Å². The maximum Gasteiger partial charge on any atom is 0.271 e. The second-order valence-electron chi connectivity index (χ2n) is 5.52. The predicted octanol–water partition coefficient (Wildman–Crippen LogP) is 3.14. The van der Waals surface area contributed by atoms with Crippen LogP contribution in [0.25, 0.3) is 0 Å². The Morgan fingerprint density at radius 3 is 2.62 bits per heavy atom. The summed E-state index contributed by atoms with van der Waals surface area (Å²) >= 11 is 0. The number of hydrogen-bond donors (Lipinski definition) is 1. The fourth-order valence-electron chi connectivity index (χ4n) is 2.67. The SMILES string of the molecule is C[C@@H]1CCC[C@H](C)C1=NNC(=O)c1cccc([N+](=O)[O-])c1. The van der Waals surface area contributed by atoms with Crippen LogP contribution in [0.4, 0.5) is 5.69 Å². The molecule has 0 heterocycles. The molecule has 1 aliphatic rings. The highest BCUT2D eigenvalue weighted by molar-refractivity contribution is 5.96. The number of hydrogen-bond acceptors (Lipinski definition) is 4. The molecule has 1 aliphatic carbocycles. The lowest BCUT2D eigenvalue weighted by Gasteiger charge is -2.26. The highest BCUT2D eigenvalue weighted by Crippen LogP contribution is 2.25. The summed E-state index contributed by atoms with van der Waals surface area (Å²) in [5.74, 6) is 0.300. The van der Waals surface area contributed by atoms with Crippen LogP contribution >= 0.6 is 0 Å². The summed E-state index contributed by atoms with van der Waals surface area (Å²) in [6.45, 7) is 4.21. The largest absolute Gasteiger partial charge is 0.271 e. The lowest BCUT2D eigenvalue weighted by molar-refractivity contribution is -0.384.